The van der Waals surface area contributed by atoms with E-state index in [0.29, 0.717) is 20.2 Å². The summed E-state index contributed by atoms with van der Waals surface area (Å²) in [5.74, 6) is 1.00. The van der Waals surface area contributed by atoms with Gasteiger partial charge in [0.15, 0.2) is 0 Å². The van der Waals surface area contributed by atoms with Crippen LogP contribution in [0.5, 0.6) is 0 Å². The van der Waals surface area contributed by atoms with Crippen molar-refractivity contribution in [3.05, 3.63) is 66.8 Å². The van der Waals surface area contributed by atoms with E-state index in [1.807, 2.05) is 6.07 Å². The maximum atomic E-state index is 12.2. The predicted octanol–water partition coefficient (Wildman–Crippen LogP) is -1.08. The third-order valence-electron chi connectivity index (χ3n) is 5.90. The second-order valence-electron chi connectivity index (χ2n) is 9.21. The van der Waals surface area contributed by atoms with Crippen LogP contribution >= 0.6 is 66.7 Å². The van der Waals surface area contributed by atoms with Crippen LogP contribution in [0.25, 0.3) is 0 Å². The molecule has 0 spiro atoms. The van der Waals surface area contributed by atoms with E-state index >= 15 is 0 Å². The number of nitrogens with zero attached hydrogens (tertiary/aromatic N) is 5. The molecule has 3 aromatic rings. The van der Waals surface area contributed by atoms with Crippen LogP contribution in [0, 0.1) is 5.95 Å². The number of nitrogens with one attached hydrogen (secondary N) is 1. The summed E-state index contributed by atoms with van der Waals surface area (Å²) in [5, 5.41) is 12.9. The van der Waals surface area contributed by atoms with E-state index < -0.39 is 5.95 Å². The number of morpholine rings is 3. The van der Waals surface area contributed by atoms with Crippen LogP contribution in [-0.4, -0.2) is 100 Å². The molecule has 0 aromatic carbocycles. The topological polar surface area (TPSA) is 160 Å². The predicted molar refractivity (Wildman–Crippen MR) is 192 cm³/mol. The Morgan fingerprint density at radius 2 is 1.20 bits per heavy atom. The summed E-state index contributed by atoms with van der Waals surface area (Å²) in [6.07, 6.45) is 4.73. The zero-order chi connectivity index (χ0) is 34.4. The molecule has 13 nitrogen and oxygen atoms in total. The molecule has 3 aromatic heterocycles. The first-order valence-corrected chi connectivity index (χ1v) is 16.7. The van der Waals surface area contributed by atoms with Gasteiger partial charge in [-0.05, 0) is 50.1 Å². The molecule has 0 aliphatic carbocycles. The van der Waals surface area contributed by atoms with Gasteiger partial charge in [0.1, 0.15) is 11.6 Å². The molecule has 6 heterocycles. The number of pyridine rings is 3. The van der Waals surface area contributed by atoms with Crippen molar-refractivity contribution in [3.63, 3.8) is 0 Å². The fraction of sp³-hybridized carbons (Fsp3) is 0.448. The van der Waals surface area contributed by atoms with E-state index in [4.69, 9.17) is 64.8 Å². The smallest absolute Gasteiger partial charge is 1.00 e. The third kappa shape index (κ3) is 22.5. The Morgan fingerprint density at radius 1 is 0.800 bits per heavy atom. The van der Waals surface area contributed by atoms with Gasteiger partial charge in [-0.3, -0.25) is 4.79 Å². The number of carbonyl (C=O) groups excluding carboxylic acids is 1. The summed E-state index contributed by atoms with van der Waals surface area (Å²) in [7, 11) is 0. The molecule has 0 unspecified atom stereocenters. The van der Waals surface area contributed by atoms with Gasteiger partial charge in [0.05, 0.1) is 66.6 Å². The van der Waals surface area contributed by atoms with Crippen LogP contribution < -0.4 is 129 Å². The van der Waals surface area contributed by atoms with Crippen LogP contribution in [-0.2, 0) is 23.9 Å². The monoisotopic (exact) mass is 941 g/mol. The SMILES string of the molecule is C.C1COCCN1.Clc1cc(Br)cnc1N1CCOCC1.Fc1ncc(Br)cc1Cl.Nc1cnc(N2CCOCC2)c(Cl)c1.O=CO[O-].[H-].[K+].[K+]. The fourth-order valence-corrected chi connectivity index (χ4v) is 5.45. The molecule has 3 aliphatic heterocycles. The van der Waals surface area contributed by atoms with Gasteiger partial charge in [0.25, 0.3) is 6.47 Å². The van der Waals surface area contributed by atoms with Gasteiger partial charge in [0, 0.05) is 60.6 Å². The number of aromatic nitrogens is 3. The standard InChI is InChI=1S/C9H10BrClN2O.C9H12ClN3O.C5H2BrClFN.C4H9NO.CH2O3.CH4.2K.H/c10-7-5-8(11)9(12-6-7)13-1-3-14-4-2-13;10-8-5-7(11)6-12-9(8)13-1-3-14-4-2-13;6-3-1-4(7)5(8)9-2-3;1-3-6-4-2-5-1;2-1-4-3;;;;/h5-6H,1-4H2;5-6H,1-4,11H2;1-2H;5H,1-4H2;1,3H;1H4;;;/q;;;;;;2*+1;-1/p-1. The number of rotatable bonds is 3. The maximum Gasteiger partial charge on any atom is 1.00 e. The molecular formula is C29H39Br2Cl3FK2N7O6. The molecule has 21 heteroatoms. The summed E-state index contributed by atoms with van der Waals surface area (Å²) in [4.78, 5) is 27.3. The summed E-state index contributed by atoms with van der Waals surface area (Å²) in [6, 6.07) is 5.03. The van der Waals surface area contributed by atoms with E-state index in [2.05, 4.69) is 66.8 Å². The first-order chi connectivity index (χ1) is 22.7. The molecule has 0 saturated carbocycles. The maximum absolute atomic E-state index is 12.2. The zero-order valence-electron chi connectivity index (χ0n) is 28.1. The molecule has 0 atom stereocenters. The number of carbonyl (C=O) groups is 1. The van der Waals surface area contributed by atoms with Gasteiger partial charge in [-0.2, -0.15) is 4.39 Å². The Kier molecular flexibility index (Phi) is 34.5. The quantitative estimate of drug-likeness (QED) is 0.108. The average Bonchev–Trinajstić information content (AvgIpc) is 3.09. The number of ether oxygens (including phenoxy) is 3. The molecule has 3 saturated heterocycles. The van der Waals surface area contributed by atoms with Crippen LogP contribution in [0.15, 0.2) is 45.7 Å². The Morgan fingerprint density at radius 3 is 1.54 bits per heavy atom. The minimum Gasteiger partial charge on any atom is -1.00 e. The van der Waals surface area contributed by atoms with Crippen molar-refractivity contribution in [1.82, 2.24) is 20.3 Å². The molecule has 3 aliphatic rings. The minimum atomic E-state index is -0.639. The molecule has 0 amide bonds. The second-order valence-corrected chi connectivity index (χ2v) is 12.3. The zero-order valence-corrected chi connectivity index (χ0v) is 38.7. The van der Waals surface area contributed by atoms with Gasteiger partial charge in [-0.15, -0.1) is 0 Å². The van der Waals surface area contributed by atoms with Crippen LogP contribution in [0.1, 0.15) is 8.85 Å². The number of nitrogen functional groups attached to an aromatic ring is 1. The summed E-state index contributed by atoms with van der Waals surface area (Å²) < 4.78 is 29.3. The fourth-order valence-electron chi connectivity index (χ4n) is 3.78. The molecule has 50 heavy (non-hydrogen) atoms. The third-order valence-corrected chi connectivity index (χ3v) is 7.59. The van der Waals surface area contributed by atoms with Crippen molar-refractivity contribution >= 4 is 90.5 Å². The van der Waals surface area contributed by atoms with Gasteiger partial charge in [-0.25, -0.2) is 15.0 Å². The number of halogens is 6. The molecule has 0 bridgehead atoms. The van der Waals surface area contributed by atoms with Crippen molar-refractivity contribution < 1.29 is 138 Å². The summed E-state index contributed by atoms with van der Waals surface area (Å²) in [5.41, 5.74) is 6.16. The Balaban J connectivity index is -0.000000587. The van der Waals surface area contributed by atoms with Crippen LogP contribution in [0.3, 0.4) is 0 Å². The van der Waals surface area contributed by atoms with E-state index in [1.54, 1.807) is 18.5 Å². The first kappa shape index (κ1) is 53.3. The Hall–Kier alpha value is 1.15. The van der Waals surface area contributed by atoms with Gasteiger partial charge >= 0.3 is 103 Å². The van der Waals surface area contributed by atoms with Crippen LogP contribution in [0.4, 0.5) is 21.7 Å². The molecule has 6 rings (SSSR count). The van der Waals surface area contributed by atoms with Crippen molar-refractivity contribution in [1.29, 1.82) is 0 Å². The van der Waals surface area contributed by atoms with Crippen molar-refractivity contribution in [2.45, 2.75) is 7.43 Å². The summed E-state index contributed by atoms with van der Waals surface area (Å²) >= 11 is 23.9. The van der Waals surface area contributed by atoms with E-state index in [9.17, 15) is 4.39 Å². The van der Waals surface area contributed by atoms with Crippen molar-refractivity contribution in [3.8, 4) is 0 Å². The van der Waals surface area contributed by atoms with Crippen LogP contribution in [0.2, 0.25) is 15.1 Å². The van der Waals surface area contributed by atoms with E-state index in [-0.39, 0.29) is 123 Å². The Bertz CT molecular complexity index is 1290. The Labute approximate surface area is 410 Å². The number of hydrogen-bond donors (Lipinski definition) is 2. The second kappa shape index (κ2) is 32.4. The molecule has 270 valence electrons. The molecular weight excluding hydrogens is 906 g/mol. The van der Waals surface area contributed by atoms with Gasteiger partial charge in [-0.1, -0.05) is 42.2 Å². The van der Waals surface area contributed by atoms with Crippen molar-refractivity contribution in [2.24, 2.45) is 0 Å². The summed E-state index contributed by atoms with van der Waals surface area (Å²) in [6.45, 7) is 9.96. The normalized spacial score (nSPS) is 14.6. The van der Waals surface area contributed by atoms with Gasteiger partial charge in [0.2, 0.25) is 5.95 Å². The van der Waals surface area contributed by atoms with E-state index in [0.717, 1.165) is 95.0 Å². The molecule has 3 N–H and O–H groups in total. The van der Waals surface area contributed by atoms with Gasteiger partial charge < -0.3 is 46.6 Å². The average molecular weight is 945 g/mol. The minimum absolute atomic E-state index is 0. The molecule has 0 radical (unpaired) electrons. The van der Waals surface area contributed by atoms with Crippen molar-refractivity contribution in [2.75, 3.05) is 94.4 Å². The number of hydrogen-bond acceptors (Lipinski definition) is 13. The van der Waals surface area contributed by atoms with E-state index in [1.165, 1.54) is 12.3 Å². The number of nitrogens with two attached hydrogens (primary N) is 1. The number of anilines is 3. The molecule has 3 fully saturated rings. The largest absolute Gasteiger partial charge is 1.00 e. The first-order valence-electron chi connectivity index (χ1n) is 14.0.